The lowest BCUT2D eigenvalue weighted by Crippen LogP contribution is -2.17. The van der Waals surface area contributed by atoms with Crippen molar-refractivity contribution in [2.24, 2.45) is 5.10 Å². The van der Waals surface area contributed by atoms with E-state index in [1.165, 1.54) is 6.21 Å². The summed E-state index contributed by atoms with van der Waals surface area (Å²) in [6.07, 6.45) is 1.50. The molecule has 5 nitrogen and oxygen atoms in total. The van der Waals surface area contributed by atoms with Crippen molar-refractivity contribution in [2.75, 3.05) is 0 Å². The standard InChI is InChI=1S/C21H14ClIN2O3/c22-16-9-7-15(8-10-16)20(26)25-24-13-14-5-11-17(12-6-14)28-21(27)18-3-1-2-4-19(18)23/h1-13H,(H,25,26)/b24-13-. The van der Waals surface area contributed by atoms with Gasteiger partial charge in [0.2, 0.25) is 0 Å². The highest BCUT2D eigenvalue weighted by atomic mass is 127. The lowest BCUT2D eigenvalue weighted by atomic mass is 10.2. The first-order chi connectivity index (χ1) is 13.5. The van der Waals surface area contributed by atoms with Gasteiger partial charge in [0.25, 0.3) is 5.91 Å². The van der Waals surface area contributed by atoms with Gasteiger partial charge in [-0.1, -0.05) is 23.7 Å². The van der Waals surface area contributed by atoms with Crippen LogP contribution in [0.3, 0.4) is 0 Å². The largest absolute Gasteiger partial charge is 0.423 e. The van der Waals surface area contributed by atoms with E-state index < -0.39 is 5.97 Å². The molecule has 0 aromatic heterocycles. The molecule has 0 aliphatic carbocycles. The van der Waals surface area contributed by atoms with Crippen molar-refractivity contribution in [1.29, 1.82) is 0 Å². The van der Waals surface area contributed by atoms with Crippen molar-refractivity contribution in [3.8, 4) is 5.75 Å². The first-order valence-electron chi connectivity index (χ1n) is 8.19. The van der Waals surface area contributed by atoms with Crippen molar-refractivity contribution < 1.29 is 14.3 Å². The topological polar surface area (TPSA) is 67.8 Å². The van der Waals surface area contributed by atoms with E-state index in [1.54, 1.807) is 60.7 Å². The minimum absolute atomic E-state index is 0.337. The van der Waals surface area contributed by atoms with Crippen molar-refractivity contribution in [3.63, 3.8) is 0 Å². The molecule has 0 saturated carbocycles. The van der Waals surface area contributed by atoms with E-state index in [2.05, 4.69) is 33.1 Å². The monoisotopic (exact) mass is 504 g/mol. The van der Waals surface area contributed by atoms with Gasteiger partial charge in [0, 0.05) is 14.2 Å². The summed E-state index contributed by atoms with van der Waals surface area (Å²) in [4.78, 5) is 24.2. The lowest BCUT2D eigenvalue weighted by molar-refractivity contribution is 0.0733. The second-order valence-corrected chi connectivity index (χ2v) is 7.24. The Kier molecular flexibility index (Phi) is 6.78. The van der Waals surface area contributed by atoms with Crippen molar-refractivity contribution in [1.82, 2.24) is 5.43 Å². The van der Waals surface area contributed by atoms with Gasteiger partial charge in [-0.25, -0.2) is 10.2 Å². The van der Waals surface area contributed by atoms with Crippen LogP contribution in [0.2, 0.25) is 5.02 Å². The van der Waals surface area contributed by atoms with Gasteiger partial charge in [-0.05, 0) is 88.8 Å². The molecule has 140 valence electrons. The number of amides is 1. The second-order valence-electron chi connectivity index (χ2n) is 5.64. The maximum absolute atomic E-state index is 12.2. The van der Waals surface area contributed by atoms with Gasteiger partial charge in [0.15, 0.2) is 0 Å². The number of rotatable bonds is 5. The van der Waals surface area contributed by atoms with Crippen molar-refractivity contribution in [3.05, 3.63) is 98.1 Å². The summed E-state index contributed by atoms with van der Waals surface area (Å²) < 4.78 is 6.20. The predicted octanol–water partition coefficient (Wildman–Crippen LogP) is 4.93. The second kappa shape index (κ2) is 9.48. The fourth-order valence-corrected chi connectivity index (χ4v) is 2.98. The van der Waals surface area contributed by atoms with Gasteiger partial charge in [-0.3, -0.25) is 4.79 Å². The highest BCUT2D eigenvalue weighted by Gasteiger charge is 2.11. The molecule has 0 bridgehead atoms. The third-order valence-electron chi connectivity index (χ3n) is 3.67. The molecular formula is C21H14ClIN2O3. The van der Waals surface area contributed by atoms with Crippen LogP contribution in [-0.2, 0) is 0 Å². The van der Waals surface area contributed by atoms with Crippen LogP contribution in [0.4, 0.5) is 0 Å². The Hall–Kier alpha value is -2.71. The van der Waals surface area contributed by atoms with E-state index in [4.69, 9.17) is 16.3 Å². The van der Waals surface area contributed by atoms with Gasteiger partial charge < -0.3 is 4.74 Å². The number of esters is 1. The summed E-state index contributed by atoms with van der Waals surface area (Å²) in [6, 6.07) is 20.5. The van der Waals surface area contributed by atoms with Crippen LogP contribution in [0.5, 0.6) is 5.75 Å². The maximum atomic E-state index is 12.2. The SMILES string of the molecule is O=C(N/N=C\c1ccc(OC(=O)c2ccccc2I)cc1)c1ccc(Cl)cc1. The summed E-state index contributed by atoms with van der Waals surface area (Å²) in [6.45, 7) is 0. The van der Waals surface area contributed by atoms with Crippen LogP contribution in [0, 0.1) is 3.57 Å². The number of carbonyl (C=O) groups is 2. The van der Waals surface area contributed by atoms with Crippen LogP contribution < -0.4 is 10.2 Å². The molecule has 28 heavy (non-hydrogen) atoms. The molecule has 0 radical (unpaired) electrons. The van der Waals surface area contributed by atoms with Crippen LogP contribution in [-0.4, -0.2) is 18.1 Å². The lowest BCUT2D eigenvalue weighted by Gasteiger charge is -2.06. The molecular weight excluding hydrogens is 491 g/mol. The normalized spacial score (nSPS) is 10.6. The predicted molar refractivity (Wildman–Crippen MR) is 117 cm³/mol. The van der Waals surface area contributed by atoms with Crippen LogP contribution in [0.25, 0.3) is 0 Å². The minimum atomic E-state index is -0.415. The third-order valence-corrected chi connectivity index (χ3v) is 4.86. The van der Waals surface area contributed by atoms with Crippen molar-refractivity contribution in [2.45, 2.75) is 0 Å². The zero-order chi connectivity index (χ0) is 19.9. The fourth-order valence-electron chi connectivity index (χ4n) is 2.24. The van der Waals surface area contributed by atoms with Gasteiger partial charge in [0.1, 0.15) is 5.75 Å². The average Bonchev–Trinajstić information content (AvgIpc) is 2.70. The zero-order valence-corrected chi connectivity index (χ0v) is 17.3. The number of carbonyl (C=O) groups excluding carboxylic acids is 2. The summed E-state index contributed by atoms with van der Waals surface area (Å²) >= 11 is 7.88. The Morgan fingerprint density at radius 3 is 2.32 bits per heavy atom. The van der Waals surface area contributed by atoms with Crippen LogP contribution >= 0.6 is 34.2 Å². The molecule has 0 atom stereocenters. The Morgan fingerprint density at radius 2 is 1.64 bits per heavy atom. The average molecular weight is 505 g/mol. The first-order valence-corrected chi connectivity index (χ1v) is 9.64. The molecule has 0 unspecified atom stereocenters. The van der Waals surface area contributed by atoms with Gasteiger partial charge in [-0.2, -0.15) is 5.10 Å². The van der Waals surface area contributed by atoms with E-state index in [-0.39, 0.29) is 5.91 Å². The summed E-state index contributed by atoms with van der Waals surface area (Å²) in [5, 5.41) is 4.48. The molecule has 0 heterocycles. The van der Waals surface area contributed by atoms with E-state index in [0.717, 1.165) is 9.13 Å². The Bertz CT molecular complexity index is 1020. The number of nitrogens with zero attached hydrogens (tertiary/aromatic N) is 1. The number of hydrogen-bond donors (Lipinski definition) is 1. The quantitative estimate of drug-likeness (QED) is 0.176. The van der Waals surface area contributed by atoms with Gasteiger partial charge in [-0.15, -0.1) is 0 Å². The Balaban J connectivity index is 1.57. The zero-order valence-electron chi connectivity index (χ0n) is 14.4. The molecule has 3 aromatic carbocycles. The number of hydrazone groups is 1. The molecule has 3 rings (SSSR count). The maximum Gasteiger partial charge on any atom is 0.344 e. The molecule has 1 N–H and O–H groups in total. The van der Waals surface area contributed by atoms with E-state index in [0.29, 0.717) is 21.9 Å². The Labute approximate surface area is 180 Å². The fraction of sp³-hybridized carbons (Fsp3) is 0. The Morgan fingerprint density at radius 1 is 0.964 bits per heavy atom. The van der Waals surface area contributed by atoms with Crippen LogP contribution in [0.1, 0.15) is 26.3 Å². The number of benzene rings is 3. The van der Waals surface area contributed by atoms with E-state index >= 15 is 0 Å². The molecule has 0 aliphatic rings. The third kappa shape index (κ3) is 5.40. The molecule has 0 aliphatic heterocycles. The van der Waals surface area contributed by atoms with E-state index in [9.17, 15) is 9.59 Å². The summed E-state index contributed by atoms with van der Waals surface area (Å²) in [5.41, 5.74) is 4.15. The highest BCUT2D eigenvalue weighted by Crippen LogP contribution is 2.17. The first kappa shape index (κ1) is 20.0. The van der Waals surface area contributed by atoms with Crippen molar-refractivity contribution >= 4 is 52.3 Å². The molecule has 0 saturated heterocycles. The molecule has 1 amide bonds. The summed E-state index contributed by atoms with van der Waals surface area (Å²) in [5.74, 6) is -0.329. The molecule has 3 aromatic rings. The number of hydrogen-bond acceptors (Lipinski definition) is 4. The number of nitrogens with one attached hydrogen (secondary N) is 1. The van der Waals surface area contributed by atoms with E-state index in [1.807, 2.05) is 12.1 Å². The van der Waals surface area contributed by atoms with Gasteiger partial charge in [0.05, 0.1) is 11.8 Å². The van der Waals surface area contributed by atoms with Gasteiger partial charge >= 0.3 is 5.97 Å². The van der Waals surface area contributed by atoms with Crippen LogP contribution in [0.15, 0.2) is 77.9 Å². The molecule has 7 heteroatoms. The summed E-state index contributed by atoms with van der Waals surface area (Å²) in [7, 11) is 0. The smallest absolute Gasteiger partial charge is 0.344 e. The minimum Gasteiger partial charge on any atom is -0.423 e. The number of ether oxygens (including phenoxy) is 1. The molecule has 0 fully saturated rings. The number of halogens is 2. The molecule has 0 spiro atoms. The highest BCUT2D eigenvalue weighted by molar-refractivity contribution is 14.1.